The summed E-state index contributed by atoms with van der Waals surface area (Å²) in [5.74, 6) is -3.66. The molecule has 0 unspecified atom stereocenters. The van der Waals surface area contributed by atoms with Crippen LogP contribution in [0.15, 0.2) is 18.2 Å². The van der Waals surface area contributed by atoms with Crippen molar-refractivity contribution < 1.29 is 36.0 Å². The molecule has 14 heteroatoms. The van der Waals surface area contributed by atoms with E-state index in [0.29, 0.717) is 41.9 Å². The van der Waals surface area contributed by atoms with E-state index < -0.39 is 73.0 Å². The Balaban J connectivity index is 2.01. The highest BCUT2D eigenvalue weighted by atomic mass is 32.2. The number of rotatable bonds is 13. The van der Waals surface area contributed by atoms with Crippen molar-refractivity contribution in [3.05, 3.63) is 29.6 Å². The summed E-state index contributed by atoms with van der Waals surface area (Å²) in [7, 11) is -1.39. The molecule has 3 rings (SSSR count). The fourth-order valence-corrected chi connectivity index (χ4v) is 6.78. The first-order valence-corrected chi connectivity index (χ1v) is 20.0. The number of carbonyl (C=O) groups is 1. The van der Waals surface area contributed by atoms with Gasteiger partial charge in [0.15, 0.2) is 0 Å². The molecule has 7 nitrogen and oxygen atoms in total. The maximum absolute atomic E-state index is 14.7. The fraction of sp³-hybridized carbons (Fsp3) is 0.733. The molecule has 1 aliphatic rings. The minimum atomic E-state index is -4.43. The molecule has 1 fully saturated rings. The molecule has 2 N–H and O–H groups in total. The molecule has 0 radical (unpaired) electrons. The highest BCUT2D eigenvalue weighted by molar-refractivity contribution is 7.90. The lowest BCUT2D eigenvalue weighted by Crippen LogP contribution is -2.45. The van der Waals surface area contributed by atoms with Gasteiger partial charge in [-0.2, -0.15) is 13.2 Å². The highest BCUT2D eigenvalue weighted by Crippen LogP contribution is 2.43. The third-order valence-corrected chi connectivity index (χ3v) is 11.0. The van der Waals surface area contributed by atoms with Crippen LogP contribution in [0.3, 0.4) is 0 Å². The molecule has 0 aliphatic heterocycles. The van der Waals surface area contributed by atoms with Gasteiger partial charge in [-0.1, -0.05) is 25.7 Å². The highest BCUT2D eigenvalue weighted by Gasteiger charge is 2.44. The number of hydrogen-bond donors (Lipinski definition) is 2. The van der Waals surface area contributed by atoms with Crippen LogP contribution in [-0.4, -0.2) is 51.5 Å². The molecule has 1 amide bonds. The Labute approximate surface area is 261 Å². The molecule has 44 heavy (non-hydrogen) atoms. The summed E-state index contributed by atoms with van der Waals surface area (Å²) in [5, 5.41) is 2.61. The Morgan fingerprint density at radius 1 is 1.25 bits per heavy atom. The van der Waals surface area contributed by atoms with Gasteiger partial charge in [-0.25, -0.2) is 13.8 Å². The topological polar surface area (TPSA) is 91.2 Å². The summed E-state index contributed by atoms with van der Waals surface area (Å²) in [5.41, 5.74) is 1.81. The summed E-state index contributed by atoms with van der Waals surface area (Å²) in [4.78, 5) is 17.0. The second-order valence-electron chi connectivity index (χ2n) is 14.1. The monoisotopic (exact) mass is 666 g/mol. The fourth-order valence-electron chi connectivity index (χ4n) is 5.14. The van der Waals surface area contributed by atoms with Gasteiger partial charge in [-0.15, -0.1) is 4.72 Å². The number of ether oxygens (including phenoxy) is 1. The first-order chi connectivity index (χ1) is 20.2. The van der Waals surface area contributed by atoms with E-state index in [-0.39, 0.29) is 19.6 Å². The van der Waals surface area contributed by atoms with Gasteiger partial charge in [0.1, 0.15) is 23.3 Å². The number of nitrogens with zero attached hydrogens (tertiary/aromatic N) is 2. The predicted molar refractivity (Wildman–Crippen MR) is 166 cm³/mol. The number of hydrogen-bond acceptors (Lipinski definition) is 5. The van der Waals surface area contributed by atoms with Crippen LogP contribution in [0.4, 0.5) is 22.0 Å². The van der Waals surface area contributed by atoms with Crippen molar-refractivity contribution in [1.29, 1.82) is 0 Å². The van der Waals surface area contributed by atoms with Crippen LogP contribution in [-0.2, 0) is 27.6 Å². The van der Waals surface area contributed by atoms with Gasteiger partial charge in [0, 0.05) is 45.3 Å². The number of amides is 1. The summed E-state index contributed by atoms with van der Waals surface area (Å²) >= 11 is -1.58. The first kappa shape index (κ1) is 36.7. The maximum Gasteiger partial charge on any atom is 0.389 e. The zero-order valence-corrected chi connectivity index (χ0v) is 28.6. The van der Waals surface area contributed by atoms with Crippen molar-refractivity contribution in [1.82, 2.24) is 19.6 Å². The van der Waals surface area contributed by atoms with Crippen LogP contribution in [0.1, 0.15) is 89.7 Å². The maximum atomic E-state index is 14.7. The number of benzene rings is 1. The number of alkyl halides is 5. The Hall–Kier alpha value is -1.74. The van der Waals surface area contributed by atoms with Gasteiger partial charge in [0.05, 0.1) is 23.5 Å². The van der Waals surface area contributed by atoms with Crippen LogP contribution in [0.25, 0.3) is 11.0 Å². The zero-order valence-electron chi connectivity index (χ0n) is 26.7. The minimum Gasteiger partial charge on any atom is -0.598 e. The van der Waals surface area contributed by atoms with Crippen LogP contribution in [0, 0.1) is 5.92 Å². The van der Waals surface area contributed by atoms with E-state index in [0.717, 1.165) is 6.04 Å². The number of aromatic nitrogens is 2. The molecule has 1 aliphatic carbocycles. The standard InChI is InChI=1S/C30H47F5N4O3SSi/c1-20(36-25(40)12-14-30(33,34)35)21-10-11-24-23(17-21)37-27(39(24)19-42-15-16-44(5,6)7)26(38-43(41)28(2,3)4)22-9-8-13-29(31,32)18-22/h10-11,17,20,22,26,38H,8-9,12-16,18-19H2,1-7H3,(H,36,40)/t20-,22-,26+,43-/m1/s1. The van der Waals surface area contributed by atoms with Crippen molar-refractivity contribution in [2.45, 2.75) is 128 Å². The average Bonchev–Trinajstić information content (AvgIpc) is 3.23. The van der Waals surface area contributed by atoms with E-state index in [1.807, 2.05) is 25.3 Å². The molecular formula is C30H47F5N4O3SSi. The van der Waals surface area contributed by atoms with E-state index in [1.165, 1.54) is 0 Å². The second-order valence-corrected chi connectivity index (χ2v) is 21.7. The molecule has 0 bridgehead atoms. The van der Waals surface area contributed by atoms with Crippen molar-refractivity contribution in [3.63, 3.8) is 0 Å². The van der Waals surface area contributed by atoms with E-state index in [4.69, 9.17) is 9.72 Å². The first-order valence-electron chi connectivity index (χ1n) is 15.1. The molecule has 4 atom stereocenters. The number of imidazole rings is 1. The summed E-state index contributed by atoms with van der Waals surface area (Å²) < 4.78 is 90.9. The quantitative estimate of drug-likeness (QED) is 0.0986. The van der Waals surface area contributed by atoms with E-state index in [9.17, 15) is 31.3 Å². The number of halogens is 5. The summed E-state index contributed by atoms with van der Waals surface area (Å²) in [6.45, 7) is 14.4. The molecule has 2 aromatic rings. The summed E-state index contributed by atoms with van der Waals surface area (Å²) in [6.07, 6.45) is -6.01. The van der Waals surface area contributed by atoms with E-state index >= 15 is 0 Å². The molecule has 250 valence electrons. The lowest BCUT2D eigenvalue weighted by Gasteiger charge is -2.36. The van der Waals surface area contributed by atoms with Crippen LogP contribution in [0.5, 0.6) is 0 Å². The third-order valence-electron chi connectivity index (χ3n) is 7.75. The molecule has 1 saturated carbocycles. The molecular weight excluding hydrogens is 619 g/mol. The van der Waals surface area contributed by atoms with Gasteiger partial charge >= 0.3 is 6.18 Å². The molecule has 0 spiro atoms. The minimum absolute atomic E-state index is 0.114. The molecule has 1 heterocycles. The molecule has 1 aromatic heterocycles. The van der Waals surface area contributed by atoms with Crippen molar-refractivity contribution in [2.24, 2.45) is 5.92 Å². The molecule has 1 aromatic carbocycles. The Bertz CT molecular complexity index is 1260. The van der Waals surface area contributed by atoms with Gasteiger partial charge in [0.25, 0.3) is 0 Å². The van der Waals surface area contributed by atoms with E-state index in [1.54, 1.807) is 25.1 Å². The van der Waals surface area contributed by atoms with Crippen LogP contribution < -0.4 is 10.0 Å². The second kappa shape index (κ2) is 14.4. The number of nitrogens with one attached hydrogen (secondary N) is 2. The third kappa shape index (κ3) is 11.0. The largest absolute Gasteiger partial charge is 0.598 e. The normalized spacial score (nSPS) is 20.0. The zero-order chi connectivity index (χ0) is 33.1. The van der Waals surface area contributed by atoms with Gasteiger partial charge in [0.2, 0.25) is 11.8 Å². The Morgan fingerprint density at radius 3 is 2.52 bits per heavy atom. The van der Waals surface area contributed by atoms with Gasteiger partial charge < -0.3 is 19.2 Å². The van der Waals surface area contributed by atoms with Gasteiger partial charge in [-0.3, -0.25) is 4.79 Å². The Kier molecular flexibility index (Phi) is 12.0. The van der Waals surface area contributed by atoms with Gasteiger partial charge in [-0.05, 0) is 70.2 Å². The smallest absolute Gasteiger partial charge is 0.389 e. The SMILES string of the molecule is C[C@@H](NC(=O)CCC(F)(F)F)c1ccc2c(c1)nc([C@@H](N[S@+]([O-])C(C)(C)C)[C@@H]1CCCC(F)(F)C1)n2COCC[Si](C)(C)C. The van der Waals surface area contributed by atoms with Crippen molar-refractivity contribution in [2.75, 3.05) is 6.61 Å². The summed E-state index contributed by atoms with van der Waals surface area (Å²) in [6, 6.07) is 4.85. The Morgan fingerprint density at radius 2 is 1.93 bits per heavy atom. The number of carbonyl (C=O) groups excluding carboxylic acids is 1. The average molecular weight is 667 g/mol. The predicted octanol–water partition coefficient (Wildman–Crippen LogP) is 7.79. The number of fused-ring (bicyclic) bond motifs is 1. The van der Waals surface area contributed by atoms with E-state index in [2.05, 4.69) is 29.7 Å². The lowest BCUT2D eigenvalue weighted by atomic mass is 9.81. The lowest BCUT2D eigenvalue weighted by molar-refractivity contribution is -0.144. The molecule has 0 saturated heterocycles. The van der Waals surface area contributed by atoms with Crippen LogP contribution in [0.2, 0.25) is 25.7 Å². The van der Waals surface area contributed by atoms with Crippen molar-refractivity contribution in [3.8, 4) is 0 Å². The van der Waals surface area contributed by atoms with Crippen molar-refractivity contribution >= 4 is 36.4 Å². The van der Waals surface area contributed by atoms with Crippen LogP contribution >= 0.6 is 0 Å².